The number of anilines is 1. The van der Waals surface area contributed by atoms with Crippen molar-refractivity contribution < 1.29 is 4.74 Å². The minimum absolute atomic E-state index is 0.610. The second-order valence-corrected chi connectivity index (χ2v) is 4.74. The van der Waals surface area contributed by atoms with Crippen LogP contribution in [-0.4, -0.2) is 23.1 Å². The molecule has 2 aromatic rings. The summed E-state index contributed by atoms with van der Waals surface area (Å²) in [5.74, 6) is 2.15. The van der Waals surface area contributed by atoms with Crippen LogP contribution in [-0.2, 0) is 6.42 Å². The first-order valence-corrected chi connectivity index (χ1v) is 6.95. The van der Waals surface area contributed by atoms with Gasteiger partial charge in [0.2, 0.25) is 5.88 Å². The molecule has 0 saturated heterocycles. The molecule has 1 heterocycles. The summed E-state index contributed by atoms with van der Waals surface area (Å²) in [6.07, 6.45) is 0.967. The van der Waals surface area contributed by atoms with Gasteiger partial charge in [-0.3, -0.25) is 0 Å². The lowest BCUT2D eigenvalue weighted by molar-refractivity contribution is 0.325. The zero-order valence-electron chi connectivity index (χ0n) is 12.3. The Morgan fingerprint density at radius 1 is 1.15 bits per heavy atom. The van der Waals surface area contributed by atoms with Crippen LogP contribution < -0.4 is 10.1 Å². The molecular weight excluding hydrogens is 250 g/mol. The van der Waals surface area contributed by atoms with E-state index in [0.717, 1.165) is 18.8 Å². The van der Waals surface area contributed by atoms with Crippen molar-refractivity contribution in [2.24, 2.45) is 0 Å². The predicted molar refractivity (Wildman–Crippen MR) is 81.3 cm³/mol. The van der Waals surface area contributed by atoms with Crippen LogP contribution in [0.15, 0.2) is 30.3 Å². The molecule has 1 aromatic heterocycles. The summed E-state index contributed by atoms with van der Waals surface area (Å²) in [6.45, 7) is 7.38. The highest BCUT2D eigenvalue weighted by Crippen LogP contribution is 2.13. The van der Waals surface area contributed by atoms with Crippen LogP contribution in [0.4, 0.5) is 5.82 Å². The molecule has 1 N–H and O–H groups in total. The normalized spacial score (nSPS) is 10.3. The zero-order valence-corrected chi connectivity index (χ0v) is 12.3. The number of benzene rings is 1. The summed E-state index contributed by atoms with van der Waals surface area (Å²) < 4.78 is 5.42. The highest BCUT2D eigenvalue weighted by Gasteiger charge is 2.02. The summed E-state index contributed by atoms with van der Waals surface area (Å²) in [4.78, 5) is 8.59. The Kier molecular flexibility index (Phi) is 4.93. The van der Waals surface area contributed by atoms with E-state index in [4.69, 9.17) is 4.74 Å². The molecule has 0 spiro atoms. The van der Waals surface area contributed by atoms with Crippen molar-refractivity contribution in [3.05, 3.63) is 47.3 Å². The molecule has 0 atom stereocenters. The number of nitrogens with zero attached hydrogens (tertiary/aromatic N) is 2. The Bertz CT molecular complexity index is 569. The van der Waals surface area contributed by atoms with Gasteiger partial charge in [0.05, 0.1) is 6.61 Å². The fourth-order valence-corrected chi connectivity index (χ4v) is 2.06. The van der Waals surface area contributed by atoms with Crippen molar-refractivity contribution in [3.63, 3.8) is 0 Å². The van der Waals surface area contributed by atoms with Crippen molar-refractivity contribution in [2.45, 2.75) is 27.2 Å². The molecule has 4 nitrogen and oxygen atoms in total. The van der Waals surface area contributed by atoms with Crippen LogP contribution >= 0.6 is 0 Å². The first kappa shape index (κ1) is 14.3. The maximum atomic E-state index is 5.42. The van der Waals surface area contributed by atoms with Crippen molar-refractivity contribution in [1.29, 1.82) is 0 Å². The van der Waals surface area contributed by atoms with Gasteiger partial charge in [0, 0.05) is 12.6 Å². The Balaban J connectivity index is 1.93. The number of hydrogen-bond donors (Lipinski definition) is 1. The van der Waals surface area contributed by atoms with E-state index in [2.05, 4.69) is 46.5 Å². The minimum Gasteiger partial charge on any atom is -0.478 e. The lowest BCUT2D eigenvalue weighted by Crippen LogP contribution is -2.08. The molecule has 1 aromatic carbocycles. The average Bonchev–Trinajstić information content (AvgIpc) is 2.38. The summed E-state index contributed by atoms with van der Waals surface area (Å²) in [6, 6.07) is 10.4. The molecular formula is C16H21N3O. The Hall–Kier alpha value is -2.10. The standard InChI is InChI=1S/C16H21N3O/c1-4-20-16-11-15(18-13(3)19-16)17-9-8-14-7-5-6-12(2)10-14/h5-7,10-11H,4,8-9H2,1-3H3,(H,17,18,19). The lowest BCUT2D eigenvalue weighted by Gasteiger charge is -2.09. The number of ether oxygens (including phenoxy) is 1. The van der Waals surface area contributed by atoms with Crippen LogP contribution in [0.2, 0.25) is 0 Å². The second-order valence-electron chi connectivity index (χ2n) is 4.74. The van der Waals surface area contributed by atoms with Gasteiger partial charge >= 0.3 is 0 Å². The van der Waals surface area contributed by atoms with Gasteiger partial charge < -0.3 is 10.1 Å². The van der Waals surface area contributed by atoms with Gasteiger partial charge in [0.15, 0.2) is 0 Å². The molecule has 2 rings (SSSR count). The van der Waals surface area contributed by atoms with Crippen LogP contribution in [0.5, 0.6) is 5.88 Å². The van der Waals surface area contributed by atoms with Gasteiger partial charge in [0.1, 0.15) is 11.6 Å². The number of aromatic nitrogens is 2. The molecule has 4 heteroatoms. The van der Waals surface area contributed by atoms with Crippen LogP contribution in [0, 0.1) is 13.8 Å². The fourth-order valence-electron chi connectivity index (χ4n) is 2.06. The quantitative estimate of drug-likeness (QED) is 0.876. The molecule has 0 aliphatic carbocycles. The monoisotopic (exact) mass is 271 g/mol. The van der Waals surface area contributed by atoms with Crippen LogP contribution in [0.25, 0.3) is 0 Å². The van der Waals surface area contributed by atoms with E-state index in [0.29, 0.717) is 18.3 Å². The molecule has 0 fully saturated rings. The second kappa shape index (κ2) is 6.89. The molecule has 20 heavy (non-hydrogen) atoms. The molecule has 0 saturated carbocycles. The van der Waals surface area contributed by atoms with Crippen molar-refractivity contribution in [3.8, 4) is 5.88 Å². The Morgan fingerprint density at radius 3 is 2.75 bits per heavy atom. The topological polar surface area (TPSA) is 47.0 Å². The van der Waals surface area contributed by atoms with Gasteiger partial charge in [-0.1, -0.05) is 29.8 Å². The van der Waals surface area contributed by atoms with E-state index < -0.39 is 0 Å². The Morgan fingerprint density at radius 2 is 2.00 bits per heavy atom. The number of hydrogen-bond acceptors (Lipinski definition) is 4. The third-order valence-electron chi connectivity index (χ3n) is 2.91. The van der Waals surface area contributed by atoms with E-state index in [1.54, 1.807) is 0 Å². The molecule has 0 unspecified atom stereocenters. The predicted octanol–water partition coefficient (Wildman–Crippen LogP) is 3.15. The average molecular weight is 271 g/mol. The van der Waals surface area contributed by atoms with Gasteiger partial charge in [-0.05, 0) is 32.8 Å². The molecule has 0 aliphatic rings. The largest absolute Gasteiger partial charge is 0.478 e. The van der Waals surface area contributed by atoms with E-state index in [1.807, 2.05) is 19.9 Å². The van der Waals surface area contributed by atoms with E-state index in [-0.39, 0.29) is 0 Å². The number of rotatable bonds is 6. The molecule has 0 amide bonds. The van der Waals surface area contributed by atoms with E-state index in [1.165, 1.54) is 11.1 Å². The SMILES string of the molecule is CCOc1cc(NCCc2cccc(C)c2)nc(C)n1. The third kappa shape index (κ3) is 4.23. The van der Waals surface area contributed by atoms with E-state index >= 15 is 0 Å². The summed E-state index contributed by atoms with van der Waals surface area (Å²) in [7, 11) is 0. The molecule has 0 bridgehead atoms. The van der Waals surface area contributed by atoms with Gasteiger partial charge in [-0.15, -0.1) is 0 Å². The van der Waals surface area contributed by atoms with Gasteiger partial charge in [-0.25, -0.2) is 4.98 Å². The van der Waals surface area contributed by atoms with Gasteiger partial charge in [0.25, 0.3) is 0 Å². The summed E-state index contributed by atoms with van der Waals surface area (Å²) >= 11 is 0. The maximum Gasteiger partial charge on any atom is 0.218 e. The summed E-state index contributed by atoms with van der Waals surface area (Å²) in [5, 5.41) is 3.32. The number of aryl methyl sites for hydroxylation is 2. The Labute approximate surface area is 120 Å². The van der Waals surface area contributed by atoms with Gasteiger partial charge in [-0.2, -0.15) is 4.98 Å². The van der Waals surface area contributed by atoms with Crippen molar-refractivity contribution in [2.75, 3.05) is 18.5 Å². The summed E-state index contributed by atoms with van der Waals surface area (Å²) in [5.41, 5.74) is 2.62. The zero-order chi connectivity index (χ0) is 14.4. The van der Waals surface area contributed by atoms with E-state index in [9.17, 15) is 0 Å². The first-order chi connectivity index (χ1) is 9.67. The van der Waals surface area contributed by atoms with Crippen molar-refractivity contribution in [1.82, 2.24) is 9.97 Å². The molecule has 0 radical (unpaired) electrons. The van der Waals surface area contributed by atoms with Crippen LogP contribution in [0.1, 0.15) is 23.9 Å². The molecule has 106 valence electrons. The highest BCUT2D eigenvalue weighted by molar-refractivity contribution is 5.38. The number of nitrogens with one attached hydrogen (secondary N) is 1. The smallest absolute Gasteiger partial charge is 0.218 e. The third-order valence-corrected chi connectivity index (χ3v) is 2.91. The van der Waals surface area contributed by atoms with Crippen molar-refractivity contribution >= 4 is 5.82 Å². The minimum atomic E-state index is 0.610. The van der Waals surface area contributed by atoms with Crippen LogP contribution in [0.3, 0.4) is 0 Å². The molecule has 0 aliphatic heterocycles. The maximum absolute atomic E-state index is 5.42. The fraction of sp³-hybridized carbons (Fsp3) is 0.375. The highest BCUT2D eigenvalue weighted by atomic mass is 16.5. The lowest BCUT2D eigenvalue weighted by atomic mass is 10.1. The first-order valence-electron chi connectivity index (χ1n) is 6.95.